The van der Waals surface area contributed by atoms with E-state index in [2.05, 4.69) is 5.32 Å². The van der Waals surface area contributed by atoms with Crippen molar-refractivity contribution in [1.82, 2.24) is 9.36 Å². The van der Waals surface area contributed by atoms with Gasteiger partial charge < -0.3 is 10.1 Å². The predicted octanol–water partition coefficient (Wildman–Crippen LogP) is 3.15. The molecule has 0 aliphatic heterocycles. The number of aromatic nitrogens is 2. The lowest BCUT2D eigenvalue weighted by Gasteiger charge is -2.13. The molecule has 1 aromatic heterocycles. The van der Waals surface area contributed by atoms with Crippen LogP contribution in [-0.2, 0) is 21.4 Å². The minimum Gasteiger partial charge on any atom is -0.452 e. The van der Waals surface area contributed by atoms with Crippen molar-refractivity contribution in [3.05, 3.63) is 76.7 Å². The maximum Gasteiger partial charge on any atom is 0.317 e. The van der Waals surface area contributed by atoms with Crippen LogP contribution in [0.3, 0.4) is 0 Å². The van der Waals surface area contributed by atoms with Gasteiger partial charge in [-0.25, -0.2) is 4.68 Å². The lowest BCUT2D eigenvalue weighted by atomic mass is 10.3. The van der Waals surface area contributed by atoms with Crippen molar-refractivity contribution in [3.8, 4) is 5.69 Å². The number of carbonyl (C=O) groups is 2. The molecular weight excluding hydrogens is 402 g/mol. The van der Waals surface area contributed by atoms with Crippen LogP contribution in [0.5, 0.6) is 0 Å². The Morgan fingerprint density at radius 1 is 1.07 bits per heavy atom. The first kappa shape index (κ1) is 21.4. The number of benzene rings is 2. The number of ether oxygens (including phenoxy) is 1. The van der Waals surface area contributed by atoms with E-state index in [-0.39, 0.29) is 17.0 Å². The summed E-state index contributed by atoms with van der Waals surface area (Å²) >= 11 is 1.33. The van der Waals surface area contributed by atoms with Crippen molar-refractivity contribution in [2.45, 2.75) is 24.8 Å². The fourth-order valence-corrected chi connectivity index (χ4v) is 3.58. The molecular formula is C22H23N3O4S. The van der Waals surface area contributed by atoms with Crippen LogP contribution in [0.2, 0.25) is 0 Å². The highest BCUT2D eigenvalue weighted by Crippen LogP contribution is 2.18. The van der Waals surface area contributed by atoms with Gasteiger partial charge in [0.2, 0.25) is 0 Å². The average molecular weight is 426 g/mol. The summed E-state index contributed by atoms with van der Waals surface area (Å²) in [6.45, 7) is 3.22. The molecule has 3 rings (SSSR count). The van der Waals surface area contributed by atoms with Gasteiger partial charge in [-0.2, -0.15) is 0 Å². The molecule has 0 aliphatic carbocycles. The molecule has 0 spiro atoms. The summed E-state index contributed by atoms with van der Waals surface area (Å²) in [7, 11) is 1.74. The minimum atomic E-state index is -1.03. The molecule has 0 radical (unpaired) electrons. The number of hydrogen-bond donors (Lipinski definition) is 1. The fraction of sp³-hybridized carbons (Fsp3) is 0.227. The van der Waals surface area contributed by atoms with Crippen LogP contribution < -0.4 is 10.9 Å². The highest BCUT2D eigenvalue weighted by Gasteiger charge is 2.23. The largest absolute Gasteiger partial charge is 0.452 e. The molecule has 0 bridgehead atoms. The van der Waals surface area contributed by atoms with Crippen LogP contribution in [0.25, 0.3) is 5.69 Å². The Balaban J connectivity index is 1.65. The van der Waals surface area contributed by atoms with Crippen molar-refractivity contribution in [2.24, 2.45) is 7.05 Å². The van der Waals surface area contributed by atoms with Crippen molar-refractivity contribution in [2.75, 3.05) is 11.1 Å². The normalized spacial score (nSPS) is 11.7. The SMILES string of the molecule is Cc1c(NC(=O)C(C)OC(=O)CSc2ccccc2)c(=O)n(-c2ccccc2)n1C. The monoisotopic (exact) mass is 425 g/mol. The van der Waals surface area contributed by atoms with Crippen molar-refractivity contribution >= 4 is 29.3 Å². The van der Waals surface area contributed by atoms with E-state index in [0.717, 1.165) is 4.90 Å². The van der Waals surface area contributed by atoms with E-state index in [1.807, 2.05) is 48.5 Å². The third kappa shape index (κ3) is 4.83. The van der Waals surface area contributed by atoms with Gasteiger partial charge in [-0.15, -0.1) is 11.8 Å². The van der Waals surface area contributed by atoms with Crippen LogP contribution >= 0.6 is 11.8 Å². The molecule has 30 heavy (non-hydrogen) atoms. The predicted molar refractivity (Wildman–Crippen MR) is 117 cm³/mol. The summed E-state index contributed by atoms with van der Waals surface area (Å²) in [6.07, 6.45) is -1.03. The van der Waals surface area contributed by atoms with Crippen molar-refractivity contribution < 1.29 is 14.3 Å². The molecule has 3 aromatic rings. The fourth-order valence-electron chi connectivity index (χ4n) is 2.88. The van der Waals surface area contributed by atoms with Gasteiger partial charge in [-0.05, 0) is 38.1 Å². The van der Waals surface area contributed by atoms with E-state index < -0.39 is 18.0 Å². The lowest BCUT2D eigenvalue weighted by Crippen LogP contribution is -2.32. The average Bonchev–Trinajstić information content (AvgIpc) is 2.96. The molecule has 0 aliphatic rings. The Labute approximate surface area is 178 Å². The summed E-state index contributed by atoms with van der Waals surface area (Å²) in [5.41, 5.74) is 1.09. The first-order valence-corrected chi connectivity index (χ1v) is 10.4. The van der Waals surface area contributed by atoms with Crippen LogP contribution in [0.1, 0.15) is 12.6 Å². The summed E-state index contributed by atoms with van der Waals surface area (Å²) in [4.78, 5) is 38.4. The van der Waals surface area contributed by atoms with Crippen molar-refractivity contribution in [3.63, 3.8) is 0 Å². The summed E-state index contributed by atoms with van der Waals surface area (Å²) in [5.74, 6) is -0.968. The van der Waals surface area contributed by atoms with Crippen molar-refractivity contribution in [1.29, 1.82) is 0 Å². The Kier molecular flexibility index (Phi) is 6.79. The topological polar surface area (TPSA) is 82.3 Å². The second kappa shape index (κ2) is 9.49. The van der Waals surface area contributed by atoms with Crippen LogP contribution in [0.15, 0.2) is 70.4 Å². The zero-order chi connectivity index (χ0) is 21.7. The Morgan fingerprint density at radius 3 is 2.30 bits per heavy atom. The number of thioether (sulfide) groups is 1. The number of anilines is 1. The van der Waals surface area contributed by atoms with Gasteiger partial charge >= 0.3 is 5.97 Å². The Bertz CT molecular complexity index is 1090. The first-order valence-electron chi connectivity index (χ1n) is 9.40. The van der Waals surface area contributed by atoms with Gasteiger partial charge in [0.05, 0.1) is 17.1 Å². The number of nitrogens with one attached hydrogen (secondary N) is 1. The van der Waals surface area contributed by atoms with Crippen LogP contribution in [-0.4, -0.2) is 33.1 Å². The molecule has 0 saturated heterocycles. The van der Waals surface area contributed by atoms with Crippen LogP contribution in [0.4, 0.5) is 5.69 Å². The number of amides is 1. The Morgan fingerprint density at radius 2 is 1.67 bits per heavy atom. The van der Waals surface area contributed by atoms with Gasteiger partial charge in [0.15, 0.2) is 6.10 Å². The number of hydrogen-bond acceptors (Lipinski definition) is 5. The minimum absolute atomic E-state index is 0.0901. The zero-order valence-corrected chi connectivity index (χ0v) is 17.8. The van der Waals surface area contributed by atoms with Gasteiger partial charge in [0, 0.05) is 11.9 Å². The van der Waals surface area contributed by atoms with E-state index in [0.29, 0.717) is 11.4 Å². The van der Waals surface area contributed by atoms with Gasteiger partial charge in [-0.3, -0.25) is 19.1 Å². The van der Waals surface area contributed by atoms with Crippen LogP contribution in [0, 0.1) is 6.92 Å². The van der Waals surface area contributed by atoms with E-state index in [1.165, 1.54) is 23.4 Å². The second-order valence-electron chi connectivity index (χ2n) is 6.66. The molecule has 1 amide bonds. The summed E-state index contributed by atoms with van der Waals surface area (Å²) in [5, 5.41) is 2.61. The molecule has 8 heteroatoms. The molecule has 7 nitrogen and oxygen atoms in total. The molecule has 1 N–H and O–H groups in total. The van der Waals surface area contributed by atoms with Gasteiger partial charge in [-0.1, -0.05) is 36.4 Å². The molecule has 156 valence electrons. The van der Waals surface area contributed by atoms with E-state index in [9.17, 15) is 14.4 Å². The third-order valence-corrected chi connectivity index (χ3v) is 5.57. The first-order chi connectivity index (χ1) is 14.4. The molecule has 0 saturated carbocycles. The zero-order valence-electron chi connectivity index (χ0n) is 17.0. The maximum absolute atomic E-state index is 12.9. The molecule has 1 atom stereocenters. The molecule has 0 fully saturated rings. The molecule has 1 heterocycles. The number of rotatable bonds is 7. The van der Waals surface area contributed by atoms with Gasteiger partial charge in [0.25, 0.3) is 11.5 Å². The quantitative estimate of drug-likeness (QED) is 0.465. The lowest BCUT2D eigenvalue weighted by molar-refractivity contribution is -0.150. The smallest absolute Gasteiger partial charge is 0.317 e. The summed E-state index contributed by atoms with van der Waals surface area (Å²) in [6, 6.07) is 18.6. The molecule has 2 aromatic carbocycles. The van der Waals surface area contributed by atoms with E-state index >= 15 is 0 Å². The highest BCUT2D eigenvalue weighted by atomic mass is 32.2. The number of carbonyl (C=O) groups excluding carboxylic acids is 2. The maximum atomic E-state index is 12.9. The van der Waals surface area contributed by atoms with E-state index in [1.54, 1.807) is 30.8 Å². The van der Waals surface area contributed by atoms with Gasteiger partial charge in [0.1, 0.15) is 5.69 Å². The van der Waals surface area contributed by atoms with E-state index in [4.69, 9.17) is 4.74 Å². The number of esters is 1. The standard InChI is InChI=1S/C22H23N3O4S/c1-15-20(22(28)25(24(15)3)17-10-6-4-7-11-17)23-21(27)16(2)29-19(26)14-30-18-12-8-5-9-13-18/h4-13,16H,14H2,1-3H3,(H,23,27). The number of nitrogens with zero attached hydrogens (tertiary/aromatic N) is 2. The summed E-state index contributed by atoms with van der Waals surface area (Å²) < 4.78 is 8.36. The number of para-hydroxylation sites is 1. The third-order valence-electron chi connectivity index (χ3n) is 4.58. The Hall–Kier alpha value is -3.26. The second-order valence-corrected chi connectivity index (χ2v) is 7.71. The highest BCUT2D eigenvalue weighted by molar-refractivity contribution is 8.00. The molecule has 1 unspecified atom stereocenters.